The van der Waals surface area contributed by atoms with Gasteiger partial charge in [0.05, 0.1) is 24.1 Å². The van der Waals surface area contributed by atoms with E-state index in [2.05, 4.69) is 15.9 Å². The third-order valence-electron chi connectivity index (χ3n) is 3.88. The van der Waals surface area contributed by atoms with E-state index < -0.39 is 0 Å². The average Bonchev–Trinajstić information content (AvgIpc) is 2.56. The van der Waals surface area contributed by atoms with Crippen LogP contribution < -0.4 is 15.2 Å². The lowest BCUT2D eigenvalue weighted by Crippen LogP contribution is -2.44. The highest BCUT2D eigenvalue weighted by atomic mass is 79.9. The summed E-state index contributed by atoms with van der Waals surface area (Å²) in [5.41, 5.74) is 5.86. The van der Waals surface area contributed by atoms with E-state index in [0.717, 1.165) is 12.8 Å². The van der Waals surface area contributed by atoms with Gasteiger partial charge in [0.1, 0.15) is 0 Å². The van der Waals surface area contributed by atoms with Crippen molar-refractivity contribution >= 4 is 27.7 Å². The third-order valence-corrected chi connectivity index (χ3v) is 4.47. The number of carbonyl (C=O) groups excluding carboxylic acids is 2. The number of amides is 2. The highest BCUT2D eigenvalue weighted by molar-refractivity contribution is 9.10. The number of hydrogen-bond acceptors (Lipinski definition) is 4. The van der Waals surface area contributed by atoms with Crippen molar-refractivity contribution in [2.24, 2.45) is 11.7 Å². The number of piperidine rings is 1. The molecule has 1 unspecified atom stereocenters. The van der Waals surface area contributed by atoms with Crippen LogP contribution in [0.3, 0.4) is 0 Å². The molecule has 0 bridgehead atoms. The van der Waals surface area contributed by atoms with Crippen LogP contribution in [0.4, 0.5) is 0 Å². The normalized spacial score (nSPS) is 17.7. The SMILES string of the molecule is CCOc1c(Br)cc(C(=O)N2CCCC(C(N)=O)C2)cc1OC. The van der Waals surface area contributed by atoms with Crippen LogP contribution >= 0.6 is 15.9 Å². The van der Waals surface area contributed by atoms with E-state index in [4.69, 9.17) is 15.2 Å². The van der Waals surface area contributed by atoms with E-state index in [9.17, 15) is 9.59 Å². The van der Waals surface area contributed by atoms with Crippen LogP contribution in [0.5, 0.6) is 11.5 Å². The fraction of sp³-hybridized carbons (Fsp3) is 0.500. The maximum atomic E-state index is 12.7. The Balaban J connectivity index is 2.25. The summed E-state index contributed by atoms with van der Waals surface area (Å²) in [6, 6.07) is 3.37. The van der Waals surface area contributed by atoms with Gasteiger partial charge in [-0.05, 0) is 47.8 Å². The maximum Gasteiger partial charge on any atom is 0.254 e. The quantitative estimate of drug-likeness (QED) is 0.843. The molecular formula is C16H21BrN2O4. The van der Waals surface area contributed by atoms with Gasteiger partial charge in [0.2, 0.25) is 5.91 Å². The summed E-state index contributed by atoms with van der Waals surface area (Å²) >= 11 is 3.42. The lowest BCUT2D eigenvalue weighted by atomic mass is 9.97. The Bertz CT molecular complexity index is 606. The number of hydrogen-bond donors (Lipinski definition) is 1. The number of nitrogens with two attached hydrogens (primary N) is 1. The largest absolute Gasteiger partial charge is 0.493 e. The molecule has 1 aromatic carbocycles. The van der Waals surface area contributed by atoms with Gasteiger partial charge < -0.3 is 20.1 Å². The monoisotopic (exact) mass is 384 g/mol. The van der Waals surface area contributed by atoms with Crippen LogP contribution in [0.15, 0.2) is 16.6 Å². The van der Waals surface area contributed by atoms with Crippen LogP contribution in [-0.2, 0) is 4.79 Å². The van der Waals surface area contributed by atoms with E-state index in [-0.39, 0.29) is 17.7 Å². The summed E-state index contributed by atoms with van der Waals surface area (Å²) in [7, 11) is 1.53. The molecule has 6 nitrogen and oxygen atoms in total. The van der Waals surface area contributed by atoms with E-state index in [1.54, 1.807) is 17.0 Å². The van der Waals surface area contributed by atoms with E-state index >= 15 is 0 Å². The van der Waals surface area contributed by atoms with Crippen LogP contribution in [0.1, 0.15) is 30.1 Å². The summed E-state index contributed by atoms with van der Waals surface area (Å²) in [6.07, 6.45) is 1.50. The first-order chi connectivity index (χ1) is 11.0. The Morgan fingerprint density at radius 2 is 2.17 bits per heavy atom. The zero-order chi connectivity index (χ0) is 17.0. The van der Waals surface area contributed by atoms with Gasteiger partial charge in [-0.3, -0.25) is 9.59 Å². The number of rotatable bonds is 5. The standard InChI is InChI=1S/C16H21BrN2O4/c1-3-23-14-12(17)7-11(8-13(14)22-2)16(21)19-6-4-5-10(9-19)15(18)20/h7-8,10H,3-6,9H2,1-2H3,(H2,18,20). The first-order valence-corrected chi connectivity index (χ1v) is 8.36. The second-order valence-electron chi connectivity index (χ2n) is 5.42. The summed E-state index contributed by atoms with van der Waals surface area (Å²) < 4.78 is 11.5. The van der Waals surface area contributed by atoms with Crippen LogP contribution in [0.2, 0.25) is 0 Å². The van der Waals surface area contributed by atoms with Gasteiger partial charge in [-0.15, -0.1) is 0 Å². The fourth-order valence-electron chi connectivity index (χ4n) is 2.70. The van der Waals surface area contributed by atoms with Crippen molar-refractivity contribution < 1.29 is 19.1 Å². The molecule has 1 aromatic rings. The number of primary amides is 1. The van der Waals surface area contributed by atoms with Gasteiger partial charge in [0.25, 0.3) is 5.91 Å². The summed E-state index contributed by atoms with van der Waals surface area (Å²) in [5, 5.41) is 0. The highest BCUT2D eigenvalue weighted by Crippen LogP contribution is 2.37. The molecule has 0 radical (unpaired) electrons. The minimum Gasteiger partial charge on any atom is -0.493 e. The van der Waals surface area contributed by atoms with Crippen molar-refractivity contribution in [1.82, 2.24) is 4.90 Å². The fourth-order valence-corrected chi connectivity index (χ4v) is 3.26. The van der Waals surface area contributed by atoms with Crippen molar-refractivity contribution in [3.63, 3.8) is 0 Å². The first kappa shape index (κ1) is 17.6. The van der Waals surface area contributed by atoms with Gasteiger partial charge in [-0.1, -0.05) is 0 Å². The van der Waals surface area contributed by atoms with Gasteiger partial charge >= 0.3 is 0 Å². The molecule has 1 atom stereocenters. The topological polar surface area (TPSA) is 81.9 Å². The molecule has 1 saturated heterocycles. The second kappa shape index (κ2) is 7.68. The summed E-state index contributed by atoms with van der Waals surface area (Å²) in [6.45, 7) is 3.36. The molecule has 0 aromatic heterocycles. The highest BCUT2D eigenvalue weighted by Gasteiger charge is 2.28. The van der Waals surface area contributed by atoms with E-state index in [1.165, 1.54) is 7.11 Å². The van der Waals surface area contributed by atoms with Crippen LogP contribution in [-0.4, -0.2) is 43.5 Å². The van der Waals surface area contributed by atoms with E-state index in [0.29, 0.717) is 41.2 Å². The van der Waals surface area contributed by atoms with Crippen molar-refractivity contribution in [3.8, 4) is 11.5 Å². The molecule has 7 heteroatoms. The molecule has 2 N–H and O–H groups in total. The minimum absolute atomic E-state index is 0.141. The summed E-state index contributed by atoms with van der Waals surface area (Å²) in [5.74, 6) is 0.292. The van der Waals surface area contributed by atoms with Gasteiger partial charge in [-0.25, -0.2) is 0 Å². The Morgan fingerprint density at radius 1 is 1.43 bits per heavy atom. The minimum atomic E-state index is -0.354. The number of methoxy groups -OCH3 is 1. The zero-order valence-electron chi connectivity index (χ0n) is 13.3. The van der Waals surface area contributed by atoms with Gasteiger partial charge in [-0.2, -0.15) is 0 Å². The summed E-state index contributed by atoms with van der Waals surface area (Å²) in [4.78, 5) is 25.8. The van der Waals surface area contributed by atoms with Crippen LogP contribution in [0.25, 0.3) is 0 Å². The average molecular weight is 385 g/mol. The molecule has 1 fully saturated rings. The Morgan fingerprint density at radius 3 is 2.78 bits per heavy atom. The van der Waals surface area contributed by atoms with E-state index in [1.807, 2.05) is 6.92 Å². The Labute approximate surface area is 144 Å². The number of halogens is 1. The van der Waals surface area contributed by atoms with Gasteiger partial charge in [0, 0.05) is 18.7 Å². The number of ether oxygens (including phenoxy) is 2. The molecule has 0 spiro atoms. The maximum absolute atomic E-state index is 12.7. The molecule has 23 heavy (non-hydrogen) atoms. The van der Waals surface area contributed by atoms with Crippen molar-refractivity contribution in [2.75, 3.05) is 26.8 Å². The predicted octanol–water partition coefficient (Wildman–Crippen LogP) is 2.19. The molecule has 0 aliphatic carbocycles. The predicted molar refractivity (Wildman–Crippen MR) is 89.7 cm³/mol. The molecule has 2 amide bonds. The van der Waals surface area contributed by atoms with Crippen molar-refractivity contribution in [2.45, 2.75) is 19.8 Å². The van der Waals surface area contributed by atoms with Gasteiger partial charge in [0.15, 0.2) is 11.5 Å². The number of likely N-dealkylation sites (tertiary alicyclic amines) is 1. The Kier molecular flexibility index (Phi) is 5.87. The first-order valence-electron chi connectivity index (χ1n) is 7.56. The molecule has 2 rings (SSSR count). The molecular weight excluding hydrogens is 364 g/mol. The lowest BCUT2D eigenvalue weighted by molar-refractivity contribution is -0.123. The third kappa shape index (κ3) is 3.96. The number of carbonyl (C=O) groups is 2. The molecule has 1 heterocycles. The molecule has 126 valence electrons. The smallest absolute Gasteiger partial charge is 0.254 e. The number of benzene rings is 1. The zero-order valence-corrected chi connectivity index (χ0v) is 14.9. The van der Waals surface area contributed by atoms with Crippen LogP contribution in [0, 0.1) is 5.92 Å². The molecule has 1 aliphatic rings. The van der Waals surface area contributed by atoms with Crippen molar-refractivity contribution in [1.29, 1.82) is 0 Å². The number of nitrogens with zero attached hydrogens (tertiary/aromatic N) is 1. The second-order valence-corrected chi connectivity index (χ2v) is 6.27. The molecule has 0 saturated carbocycles. The Hall–Kier alpha value is -1.76. The van der Waals surface area contributed by atoms with Crippen molar-refractivity contribution in [3.05, 3.63) is 22.2 Å². The lowest BCUT2D eigenvalue weighted by Gasteiger charge is -2.31. The molecule has 1 aliphatic heterocycles.